The number of hydrogen-bond donors (Lipinski definition) is 1. The number of ether oxygens (including phenoxy) is 1. The van der Waals surface area contributed by atoms with Crippen LogP contribution in [0.5, 0.6) is 5.75 Å². The van der Waals surface area contributed by atoms with Crippen molar-refractivity contribution >= 4 is 40.1 Å². The molecule has 0 bridgehead atoms. The van der Waals surface area contributed by atoms with Gasteiger partial charge in [-0.25, -0.2) is 0 Å². The highest BCUT2D eigenvalue weighted by Crippen LogP contribution is 2.28. The third-order valence-corrected chi connectivity index (χ3v) is 3.15. The summed E-state index contributed by atoms with van der Waals surface area (Å²) in [6, 6.07) is 6.26. The van der Waals surface area contributed by atoms with Crippen LogP contribution in [-0.4, -0.2) is 19.9 Å². The van der Waals surface area contributed by atoms with Gasteiger partial charge in [0.05, 0.1) is 7.11 Å². The second-order valence-electron chi connectivity index (χ2n) is 3.31. The molecule has 0 fully saturated rings. The lowest BCUT2D eigenvalue weighted by atomic mass is 10.2. The number of methoxy groups -OCH3 is 1. The van der Waals surface area contributed by atoms with Gasteiger partial charge in [0, 0.05) is 22.5 Å². The maximum atomic E-state index is 5.33. The Kier molecular flexibility index (Phi) is 8.78. The quantitative estimate of drug-likeness (QED) is 0.796. The van der Waals surface area contributed by atoms with Crippen LogP contribution in [0.1, 0.15) is 5.56 Å². The molecule has 0 saturated carbocycles. The van der Waals surface area contributed by atoms with E-state index in [0.29, 0.717) is 0 Å². The molecule has 1 N–H and O–H groups in total. The average molecular weight is 339 g/mol. The molecule has 1 aromatic carbocycles. The van der Waals surface area contributed by atoms with Crippen LogP contribution in [-0.2, 0) is 6.54 Å². The fourth-order valence-electron chi connectivity index (χ4n) is 1.33. The van der Waals surface area contributed by atoms with Crippen molar-refractivity contribution in [2.75, 3.05) is 19.9 Å². The number of rotatable bonds is 6. The van der Waals surface area contributed by atoms with Crippen LogP contribution in [0.4, 0.5) is 0 Å². The number of nitrogens with one attached hydrogen (secondary N) is 1. The standard InChI is InChI=1S/C12H16BrNOS.ClH/c1-9(13)7-14-8-10-4-5-12(16-3)11(6-10)15-2;/h4-6,14H,1,7-8H2,2-3H3;1H. The molecule has 2 nitrogen and oxygen atoms in total. The predicted molar refractivity (Wildman–Crippen MR) is 81.8 cm³/mol. The summed E-state index contributed by atoms with van der Waals surface area (Å²) in [7, 11) is 1.70. The fraction of sp³-hybridized carbons (Fsp3) is 0.333. The molecule has 0 aromatic heterocycles. The molecule has 17 heavy (non-hydrogen) atoms. The first kappa shape index (κ1) is 16.8. The Morgan fingerprint density at radius 3 is 2.76 bits per heavy atom. The highest BCUT2D eigenvalue weighted by atomic mass is 79.9. The molecule has 0 spiro atoms. The maximum absolute atomic E-state index is 5.33. The lowest BCUT2D eigenvalue weighted by Gasteiger charge is -2.09. The van der Waals surface area contributed by atoms with Gasteiger partial charge in [0.1, 0.15) is 5.75 Å². The first-order valence-corrected chi connectivity index (χ1v) is 6.94. The van der Waals surface area contributed by atoms with E-state index in [-0.39, 0.29) is 12.4 Å². The number of benzene rings is 1. The van der Waals surface area contributed by atoms with E-state index >= 15 is 0 Å². The molecule has 1 rings (SSSR count). The zero-order valence-electron chi connectivity index (χ0n) is 9.96. The van der Waals surface area contributed by atoms with Gasteiger partial charge in [-0.1, -0.05) is 28.6 Å². The molecular formula is C12H17BrClNOS. The van der Waals surface area contributed by atoms with Gasteiger partial charge in [-0.15, -0.1) is 24.2 Å². The van der Waals surface area contributed by atoms with E-state index in [1.54, 1.807) is 18.9 Å². The van der Waals surface area contributed by atoms with E-state index in [4.69, 9.17) is 4.74 Å². The van der Waals surface area contributed by atoms with Crippen molar-refractivity contribution in [3.63, 3.8) is 0 Å². The average Bonchev–Trinajstić information content (AvgIpc) is 2.28. The first-order valence-electron chi connectivity index (χ1n) is 4.92. The van der Waals surface area contributed by atoms with Gasteiger partial charge in [-0.3, -0.25) is 0 Å². The Hall–Kier alpha value is -0.160. The Morgan fingerprint density at radius 2 is 2.24 bits per heavy atom. The summed E-state index contributed by atoms with van der Waals surface area (Å²) >= 11 is 5.00. The summed E-state index contributed by atoms with van der Waals surface area (Å²) < 4.78 is 6.29. The molecule has 1 aromatic rings. The summed E-state index contributed by atoms with van der Waals surface area (Å²) in [5.74, 6) is 0.935. The lowest BCUT2D eigenvalue weighted by Crippen LogP contribution is -2.14. The Balaban J connectivity index is 0.00000256. The predicted octanol–water partition coefficient (Wildman–Crippen LogP) is 3.84. The molecule has 0 aliphatic rings. The monoisotopic (exact) mass is 337 g/mol. The SMILES string of the molecule is C=C(Br)CNCc1ccc(SC)c(OC)c1.Cl. The number of halogens is 2. The molecule has 0 radical (unpaired) electrons. The van der Waals surface area contributed by atoms with Gasteiger partial charge in [0.15, 0.2) is 0 Å². The van der Waals surface area contributed by atoms with Crippen molar-refractivity contribution in [1.82, 2.24) is 5.32 Å². The van der Waals surface area contributed by atoms with Crippen molar-refractivity contribution < 1.29 is 4.74 Å². The van der Waals surface area contributed by atoms with E-state index in [0.717, 1.165) is 28.2 Å². The lowest BCUT2D eigenvalue weighted by molar-refractivity contribution is 0.404. The van der Waals surface area contributed by atoms with Crippen molar-refractivity contribution in [3.05, 3.63) is 34.8 Å². The van der Waals surface area contributed by atoms with Gasteiger partial charge < -0.3 is 10.1 Å². The van der Waals surface area contributed by atoms with Crippen LogP contribution in [0.25, 0.3) is 0 Å². The molecule has 0 unspecified atom stereocenters. The highest BCUT2D eigenvalue weighted by Gasteiger charge is 2.02. The Bertz CT molecular complexity index is 374. The number of thioether (sulfide) groups is 1. The van der Waals surface area contributed by atoms with E-state index in [9.17, 15) is 0 Å². The molecule has 0 amide bonds. The van der Waals surface area contributed by atoms with Crippen molar-refractivity contribution in [2.45, 2.75) is 11.4 Å². The summed E-state index contributed by atoms with van der Waals surface area (Å²) in [6.45, 7) is 5.36. The summed E-state index contributed by atoms with van der Waals surface area (Å²) in [5.41, 5.74) is 1.21. The fourth-order valence-corrected chi connectivity index (χ4v) is 2.08. The summed E-state index contributed by atoms with van der Waals surface area (Å²) in [6.07, 6.45) is 2.05. The van der Waals surface area contributed by atoms with E-state index < -0.39 is 0 Å². The third-order valence-electron chi connectivity index (χ3n) is 2.09. The van der Waals surface area contributed by atoms with Crippen LogP contribution < -0.4 is 10.1 Å². The first-order chi connectivity index (χ1) is 7.67. The second-order valence-corrected chi connectivity index (χ2v) is 5.28. The van der Waals surface area contributed by atoms with E-state index in [2.05, 4.69) is 46.0 Å². The maximum Gasteiger partial charge on any atom is 0.132 e. The van der Waals surface area contributed by atoms with Crippen molar-refractivity contribution in [1.29, 1.82) is 0 Å². The van der Waals surface area contributed by atoms with Crippen LogP contribution in [0.3, 0.4) is 0 Å². The molecular weight excluding hydrogens is 322 g/mol. The van der Waals surface area contributed by atoms with Gasteiger partial charge in [0.25, 0.3) is 0 Å². The third kappa shape index (κ3) is 5.82. The molecule has 0 aliphatic carbocycles. The van der Waals surface area contributed by atoms with Crippen molar-refractivity contribution in [3.8, 4) is 5.75 Å². The zero-order valence-corrected chi connectivity index (χ0v) is 13.2. The van der Waals surface area contributed by atoms with Crippen LogP contribution in [0, 0.1) is 0 Å². The molecule has 0 aliphatic heterocycles. The smallest absolute Gasteiger partial charge is 0.132 e. The largest absolute Gasteiger partial charge is 0.496 e. The molecule has 0 atom stereocenters. The number of hydrogen-bond acceptors (Lipinski definition) is 3. The van der Waals surface area contributed by atoms with Crippen LogP contribution in [0.2, 0.25) is 0 Å². The minimum atomic E-state index is 0. The van der Waals surface area contributed by atoms with Gasteiger partial charge in [0.2, 0.25) is 0 Å². The second kappa shape index (κ2) is 8.86. The normalized spacial score (nSPS) is 9.59. The van der Waals surface area contributed by atoms with Gasteiger partial charge >= 0.3 is 0 Å². The molecule has 0 saturated heterocycles. The van der Waals surface area contributed by atoms with Gasteiger partial charge in [-0.05, 0) is 24.0 Å². The highest BCUT2D eigenvalue weighted by molar-refractivity contribution is 9.11. The Morgan fingerprint density at radius 1 is 1.53 bits per heavy atom. The minimum Gasteiger partial charge on any atom is -0.496 e. The van der Waals surface area contributed by atoms with Crippen LogP contribution in [0.15, 0.2) is 34.2 Å². The van der Waals surface area contributed by atoms with E-state index in [1.807, 2.05) is 6.26 Å². The summed E-state index contributed by atoms with van der Waals surface area (Å²) in [4.78, 5) is 1.16. The molecule has 0 heterocycles. The summed E-state index contributed by atoms with van der Waals surface area (Å²) in [5, 5.41) is 3.28. The van der Waals surface area contributed by atoms with Gasteiger partial charge in [-0.2, -0.15) is 0 Å². The molecule has 96 valence electrons. The minimum absolute atomic E-state index is 0. The topological polar surface area (TPSA) is 21.3 Å². The van der Waals surface area contributed by atoms with Crippen LogP contribution >= 0.6 is 40.1 Å². The van der Waals surface area contributed by atoms with E-state index in [1.165, 1.54) is 5.56 Å². The zero-order chi connectivity index (χ0) is 12.0. The molecule has 5 heteroatoms. The Labute approximate surface area is 122 Å². The van der Waals surface area contributed by atoms with Crippen molar-refractivity contribution in [2.24, 2.45) is 0 Å².